The summed E-state index contributed by atoms with van der Waals surface area (Å²) in [5, 5.41) is 0. The van der Waals surface area contributed by atoms with Gasteiger partial charge >= 0.3 is 5.97 Å². The number of carbonyl (C=O) groups excluding carboxylic acids is 1. The molecule has 0 fully saturated rings. The van der Waals surface area contributed by atoms with Crippen molar-refractivity contribution in [1.29, 1.82) is 0 Å². The molecular formula is C8H9BrN2O2. The zero-order valence-corrected chi connectivity index (χ0v) is 8.67. The van der Waals surface area contributed by atoms with Gasteiger partial charge in [-0.2, -0.15) is 0 Å². The average molecular weight is 245 g/mol. The van der Waals surface area contributed by atoms with Gasteiger partial charge < -0.3 is 10.5 Å². The number of aromatic nitrogens is 1. The summed E-state index contributed by atoms with van der Waals surface area (Å²) < 4.78 is 5.40. The average Bonchev–Trinajstić information content (AvgIpc) is 2.10. The number of pyridine rings is 1. The fraction of sp³-hybridized carbons (Fsp3) is 0.250. The molecule has 2 N–H and O–H groups in total. The first-order valence-electron chi connectivity index (χ1n) is 3.73. The van der Waals surface area contributed by atoms with Gasteiger partial charge in [0, 0.05) is 4.47 Å². The zero-order chi connectivity index (χ0) is 9.84. The molecule has 70 valence electrons. The largest absolute Gasteiger partial charge is 0.461 e. The number of nitrogens with zero attached hydrogens (tertiary/aromatic N) is 1. The maximum Gasteiger partial charge on any atom is 0.356 e. The van der Waals surface area contributed by atoms with Crippen molar-refractivity contribution in [3.05, 3.63) is 22.4 Å². The summed E-state index contributed by atoms with van der Waals surface area (Å²) in [6.07, 6.45) is 1.41. The number of nitrogen functional groups attached to an aromatic ring is 1. The Morgan fingerprint density at radius 1 is 1.77 bits per heavy atom. The normalized spacial score (nSPS) is 9.69. The van der Waals surface area contributed by atoms with E-state index in [2.05, 4.69) is 20.9 Å². The van der Waals surface area contributed by atoms with Crippen LogP contribution in [-0.2, 0) is 4.74 Å². The molecule has 0 saturated carbocycles. The summed E-state index contributed by atoms with van der Waals surface area (Å²) >= 11 is 3.19. The van der Waals surface area contributed by atoms with Crippen molar-refractivity contribution in [2.24, 2.45) is 0 Å². The van der Waals surface area contributed by atoms with Gasteiger partial charge in [-0.3, -0.25) is 0 Å². The lowest BCUT2D eigenvalue weighted by Crippen LogP contribution is -2.07. The lowest BCUT2D eigenvalue weighted by molar-refractivity contribution is 0.0519. The van der Waals surface area contributed by atoms with Crippen LogP contribution in [0.5, 0.6) is 0 Å². The Hall–Kier alpha value is -1.10. The number of ether oxygens (including phenoxy) is 1. The molecule has 4 nitrogen and oxygen atoms in total. The second kappa shape index (κ2) is 4.23. The molecule has 0 aromatic carbocycles. The van der Waals surface area contributed by atoms with E-state index in [1.165, 1.54) is 12.3 Å². The molecular weight excluding hydrogens is 236 g/mol. The number of hydrogen-bond acceptors (Lipinski definition) is 4. The number of esters is 1. The van der Waals surface area contributed by atoms with E-state index in [1.54, 1.807) is 6.92 Å². The van der Waals surface area contributed by atoms with E-state index >= 15 is 0 Å². The van der Waals surface area contributed by atoms with E-state index in [4.69, 9.17) is 10.5 Å². The molecule has 0 aliphatic heterocycles. The van der Waals surface area contributed by atoms with Crippen LogP contribution in [0.15, 0.2) is 16.7 Å². The molecule has 0 aliphatic carbocycles. The lowest BCUT2D eigenvalue weighted by atomic mass is 10.3. The molecule has 0 saturated heterocycles. The first kappa shape index (κ1) is 9.98. The number of rotatable bonds is 2. The number of hydrogen-bond donors (Lipinski definition) is 1. The van der Waals surface area contributed by atoms with Crippen LogP contribution in [0.25, 0.3) is 0 Å². The van der Waals surface area contributed by atoms with Gasteiger partial charge in [-0.05, 0) is 28.9 Å². The van der Waals surface area contributed by atoms with Gasteiger partial charge in [-0.1, -0.05) is 0 Å². The van der Waals surface area contributed by atoms with Gasteiger partial charge in [0.1, 0.15) is 5.69 Å². The van der Waals surface area contributed by atoms with E-state index in [-0.39, 0.29) is 5.69 Å². The highest BCUT2D eigenvalue weighted by molar-refractivity contribution is 9.10. The monoisotopic (exact) mass is 244 g/mol. The van der Waals surface area contributed by atoms with E-state index < -0.39 is 5.97 Å². The number of carbonyl (C=O) groups is 1. The molecule has 0 unspecified atom stereocenters. The highest BCUT2D eigenvalue weighted by Gasteiger charge is 2.09. The van der Waals surface area contributed by atoms with Crippen LogP contribution >= 0.6 is 15.9 Å². The topological polar surface area (TPSA) is 65.2 Å². The van der Waals surface area contributed by atoms with E-state index in [1.807, 2.05) is 0 Å². The van der Waals surface area contributed by atoms with Crippen LogP contribution in [0.3, 0.4) is 0 Å². The molecule has 0 spiro atoms. The zero-order valence-electron chi connectivity index (χ0n) is 7.08. The van der Waals surface area contributed by atoms with Gasteiger partial charge in [0.05, 0.1) is 18.5 Å². The summed E-state index contributed by atoms with van der Waals surface area (Å²) in [6.45, 7) is 2.08. The Morgan fingerprint density at radius 2 is 2.46 bits per heavy atom. The predicted octanol–water partition coefficient (Wildman–Crippen LogP) is 1.60. The van der Waals surface area contributed by atoms with Gasteiger partial charge in [0.2, 0.25) is 0 Å². The fourth-order valence-corrected chi connectivity index (χ4v) is 1.08. The highest BCUT2D eigenvalue weighted by Crippen LogP contribution is 2.18. The van der Waals surface area contributed by atoms with Crippen molar-refractivity contribution in [1.82, 2.24) is 4.98 Å². The van der Waals surface area contributed by atoms with Crippen LogP contribution in [-0.4, -0.2) is 17.6 Å². The molecule has 1 aromatic rings. The maximum absolute atomic E-state index is 11.2. The molecule has 5 heteroatoms. The summed E-state index contributed by atoms with van der Waals surface area (Å²) in [7, 11) is 0. The standard InChI is InChI=1S/C8H9BrN2O2/c1-2-13-8(12)7-3-5(9)6(10)4-11-7/h3-4H,2,10H2,1H3. The second-order valence-corrected chi connectivity index (χ2v) is 3.17. The molecule has 0 bridgehead atoms. The van der Waals surface area contributed by atoms with Crippen LogP contribution in [0.4, 0.5) is 5.69 Å². The quantitative estimate of drug-likeness (QED) is 0.803. The Kier molecular flexibility index (Phi) is 3.25. The van der Waals surface area contributed by atoms with Crippen LogP contribution in [0.2, 0.25) is 0 Å². The Balaban J connectivity index is 2.90. The molecule has 0 aliphatic rings. The van der Waals surface area contributed by atoms with Gasteiger partial charge in [0.25, 0.3) is 0 Å². The van der Waals surface area contributed by atoms with Gasteiger partial charge in [-0.25, -0.2) is 9.78 Å². The Morgan fingerprint density at radius 3 is 3.00 bits per heavy atom. The van der Waals surface area contributed by atoms with Crippen molar-refractivity contribution >= 4 is 27.6 Å². The first-order valence-corrected chi connectivity index (χ1v) is 4.52. The second-order valence-electron chi connectivity index (χ2n) is 2.31. The highest BCUT2D eigenvalue weighted by atomic mass is 79.9. The van der Waals surface area contributed by atoms with Crippen molar-refractivity contribution < 1.29 is 9.53 Å². The minimum atomic E-state index is -0.441. The minimum absolute atomic E-state index is 0.253. The predicted molar refractivity (Wildman–Crippen MR) is 52.3 cm³/mol. The SMILES string of the molecule is CCOC(=O)c1cc(Br)c(N)cn1. The maximum atomic E-state index is 11.2. The molecule has 1 aromatic heterocycles. The summed E-state index contributed by atoms with van der Waals surface area (Å²) in [5.74, 6) is -0.441. The molecule has 0 amide bonds. The smallest absolute Gasteiger partial charge is 0.356 e. The van der Waals surface area contributed by atoms with E-state index in [9.17, 15) is 4.79 Å². The number of anilines is 1. The van der Waals surface area contributed by atoms with Crippen LogP contribution in [0, 0.1) is 0 Å². The summed E-state index contributed by atoms with van der Waals surface area (Å²) in [4.78, 5) is 15.0. The van der Waals surface area contributed by atoms with Crippen LogP contribution < -0.4 is 5.73 Å². The van der Waals surface area contributed by atoms with Crippen LogP contribution in [0.1, 0.15) is 17.4 Å². The van der Waals surface area contributed by atoms with Crippen molar-refractivity contribution in [3.8, 4) is 0 Å². The van der Waals surface area contributed by atoms with Crippen molar-refractivity contribution in [3.63, 3.8) is 0 Å². The van der Waals surface area contributed by atoms with Gasteiger partial charge in [-0.15, -0.1) is 0 Å². The molecule has 0 atom stereocenters. The Labute approximate surface area is 84.2 Å². The summed E-state index contributed by atoms with van der Waals surface area (Å²) in [5.41, 5.74) is 6.25. The summed E-state index contributed by atoms with van der Waals surface area (Å²) in [6, 6.07) is 1.54. The number of nitrogens with two attached hydrogens (primary N) is 1. The molecule has 1 heterocycles. The minimum Gasteiger partial charge on any atom is -0.461 e. The fourth-order valence-electron chi connectivity index (χ4n) is 0.758. The van der Waals surface area contributed by atoms with Crippen molar-refractivity contribution in [2.45, 2.75) is 6.92 Å². The third-order valence-electron chi connectivity index (χ3n) is 1.37. The van der Waals surface area contributed by atoms with E-state index in [0.717, 1.165) is 0 Å². The first-order chi connectivity index (χ1) is 6.15. The number of halogens is 1. The molecule has 13 heavy (non-hydrogen) atoms. The molecule has 1 rings (SSSR count). The third kappa shape index (κ3) is 2.42. The van der Waals surface area contributed by atoms with Gasteiger partial charge in [0.15, 0.2) is 0 Å². The van der Waals surface area contributed by atoms with E-state index in [0.29, 0.717) is 16.8 Å². The molecule has 0 radical (unpaired) electrons. The Bertz CT molecular complexity index is 328. The van der Waals surface area contributed by atoms with Crippen molar-refractivity contribution in [2.75, 3.05) is 12.3 Å². The third-order valence-corrected chi connectivity index (χ3v) is 2.05. The lowest BCUT2D eigenvalue weighted by Gasteiger charge is -2.02.